The van der Waals surface area contributed by atoms with Crippen molar-refractivity contribution in [3.8, 4) is 0 Å². The topological polar surface area (TPSA) is 75.3 Å². The molecular formula is C26H24N2O3S. The summed E-state index contributed by atoms with van der Waals surface area (Å²) in [6.45, 7) is 3.95. The van der Waals surface area contributed by atoms with Crippen LogP contribution in [0.25, 0.3) is 10.8 Å². The Balaban J connectivity index is 1.55. The van der Waals surface area contributed by atoms with Gasteiger partial charge in [0.15, 0.2) is 0 Å². The maximum atomic E-state index is 13.0. The number of hydrogen-bond acceptors (Lipinski definition) is 3. The molecule has 162 valence electrons. The van der Waals surface area contributed by atoms with Crippen LogP contribution >= 0.6 is 0 Å². The molecule has 0 fully saturated rings. The molecule has 4 rings (SSSR count). The fourth-order valence-corrected chi connectivity index (χ4v) is 4.99. The lowest BCUT2D eigenvalue weighted by atomic mass is 10.0. The van der Waals surface area contributed by atoms with Crippen molar-refractivity contribution in [1.29, 1.82) is 0 Å². The van der Waals surface area contributed by atoms with Crippen LogP contribution in [0.1, 0.15) is 27.0 Å². The summed E-state index contributed by atoms with van der Waals surface area (Å²) in [4.78, 5) is 12.9. The molecule has 4 aromatic carbocycles. The van der Waals surface area contributed by atoms with Gasteiger partial charge in [-0.25, -0.2) is 8.42 Å². The summed E-state index contributed by atoms with van der Waals surface area (Å²) in [6.07, 6.45) is 0. The summed E-state index contributed by atoms with van der Waals surface area (Å²) in [5, 5.41) is 5.08. The Bertz CT molecular complexity index is 1410. The maximum Gasteiger partial charge on any atom is 0.262 e. The summed E-state index contributed by atoms with van der Waals surface area (Å²) in [5.74, 6) is -0.329. The Labute approximate surface area is 188 Å². The van der Waals surface area contributed by atoms with Gasteiger partial charge in [-0.15, -0.1) is 0 Å². The molecule has 0 bridgehead atoms. The molecule has 5 nitrogen and oxygen atoms in total. The van der Waals surface area contributed by atoms with E-state index in [4.69, 9.17) is 0 Å². The highest BCUT2D eigenvalue weighted by Crippen LogP contribution is 2.22. The zero-order chi connectivity index (χ0) is 22.7. The normalized spacial score (nSPS) is 11.3. The van der Waals surface area contributed by atoms with E-state index >= 15 is 0 Å². The van der Waals surface area contributed by atoms with Crippen LogP contribution in [0.4, 0.5) is 5.69 Å². The van der Waals surface area contributed by atoms with E-state index in [-0.39, 0.29) is 10.8 Å². The highest BCUT2D eigenvalue weighted by atomic mass is 32.2. The molecule has 0 radical (unpaired) electrons. The lowest BCUT2D eigenvalue weighted by Crippen LogP contribution is -2.23. The number of hydrogen-bond donors (Lipinski definition) is 2. The zero-order valence-electron chi connectivity index (χ0n) is 17.9. The molecule has 32 heavy (non-hydrogen) atoms. The van der Waals surface area contributed by atoms with Gasteiger partial charge < -0.3 is 5.32 Å². The molecule has 4 aromatic rings. The minimum atomic E-state index is -3.84. The minimum Gasteiger partial charge on any atom is -0.348 e. The average molecular weight is 445 g/mol. The van der Waals surface area contributed by atoms with Crippen molar-refractivity contribution in [2.75, 3.05) is 4.72 Å². The van der Waals surface area contributed by atoms with Gasteiger partial charge in [0.25, 0.3) is 15.9 Å². The van der Waals surface area contributed by atoms with Gasteiger partial charge in [-0.05, 0) is 65.6 Å². The van der Waals surface area contributed by atoms with Crippen LogP contribution in [0.2, 0.25) is 0 Å². The third-order valence-corrected chi connectivity index (χ3v) is 6.85. The first-order chi connectivity index (χ1) is 15.3. The molecule has 0 spiro atoms. The number of rotatable bonds is 6. The fourth-order valence-electron chi connectivity index (χ4n) is 3.67. The summed E-state index contributed by atoms with van der Waals surface area (Å²) in [5.41, 5.74) is 3.28. The first-order valence-electron chi connectivity index (χ1n) is 10.3. The second-order valence-electron chi connectivity index (χ2n) is 7.78. The van der Waals surface area contributed by atoms with Crippen molar-refractivity contribution >= 4 is 32.4 Å². The standard InChI is InChI=1S/C26H24N2O3S/c1-18-7-5-11-23(15-18)28-32(30,31)25-16-21(14-13-19(25)2)26(29)27-17-22-10-6-9-20-8-3-4-12-24(20)22/h3-16,28H,17H2,1-2H3,(H,27,29). The van der Waals surface area contributed by atoms with Crippen molar-refractivity contribution in [2.24, 2.45) is 0 Å². The van der Waals surface area contributed by atoms with E-state index in [2.05, 4.69) is 10.0 Å². The number of amides is 1. The van der Waals surface area contributed by atoms with E-state index in [1.165, 1.54) is 6.07 Å². The highest BCUT2D eigenvalue weighted by molar-refractivity contribution is 7.92. The minimum absolute atomic E-state index is 0.0804. The largest absolute Gasteiger partial charge is 0.348 e. The Morgan fingerprint density at radius 2 is 1.59 bits per heavy atom. The zero-order valence-corrected chi connectivity index (χ0v) is 18.7. The summed E-state index contributed by atoms with van der Waals surface area (Å²) in [6, 6.07) is 25.8. The van der Waals surface area contributed by atoms with Crippen LogP contribution in [-0.4, -0.2) is 14.3 Å². The number of carbonyl (C=O) groups is 1. The third-order valence-electron chi connectivity index (χ3n) is 5.33. The SMILES string of the molecule is Cc1cccc(NS(=O)(=O)c2cc(C(=O)NCc3cccc4ccccc34)ccc2C)c1. The second-order valence-corrected chi connectivity index (χ2v) is 9.43. The van der Waals surface area contributed by atoms with Gasteiger partial charge in [0.05, 0.1) is 4.90 Å². The molecule has 0 aromatic heterocycles. The van der Waals surface area contributed by atoms with Gasteiger partial charge in [-0.1, -0.05) is 60.7 Å². The highest BCUT2D eigenvalue weighted by Gasteiger charge is 2.19. The van der Waals surface area contributed by atoms with E-state index < -0.39 is 10.0 Å². The van der Waals surface area contributed by atoms with Crippen LogP contribution in [-0.2, 0) is 16.6 Å². The predicted molar refractivity (Wildman–Crippen MR) is 128 cm³/mol. The smallest absolute Gasteiger partial charge is 0.262 e. The van der Waals surface area contributed by atoms with Crippen molar-refractivity contribution < 1.29 is 13.2 Å². The summed E-state index contributed by atoms with van der Waals surface area (Å²) in [7, 11) is -3.84. The van der Waals surface area contributed by atoms with Gasteiger partial charge in [-0.3, -0.25) is 9.52 Å². The van der Waals surface area contributed by atoms with Crippen molar-refractivity contribution in [1.82, 2.24) is 5.32 Å². The summed E-state index contributed by atoms with van der Waals surface area (Å²) < 4.78 is 28.6. The van der Waals surface area contributed by atoms with Crippen molar-refractivity contribution in [3.05, 3.63) is 107 Å². The summed E-state index contributed by atoms with van der Waals surface area (Å²) >= 11 is 0. The number of anilines is 1. The monoisotopic (exact) mass is 444 g/mol. The quantitative estimate of drug-likeness (QED) is 0.430. The Morgan fingerprint density at radius 1 is 0.844 bits per heavy atom. The number of fused-ring (bicyclic) bond motifs is 1. The first kappa shape index (κ1) is 21.6. The molecule has 0 aliphatic heterocycles. The maximum absolute atomic E-state index is 13.0. The van der Waals surface area contributed by atoms with E-state index in [0.29, 0.717) is 23.4 Å². The predicted octanol–water partition coefficient (Wildman–Crippen LogP) is 5.19. The van der Waals surface area contributed by atoms with E-state index in [1.54, 1.807) is 37.3 Å². The molecule has 0 aliphatic rings. The Kier molecular flexibility index (Phi) is 5.97. The van der Waals surface area contributed by atoms with Gasteiger partial charge in [0, 0.05) is 17.8 Å². The first-order valence-corrected chi connectivity index (χ1v) is 11.8. The third kappa shape index (κ3) is 4.65. The number of sulfonamides is 1. The van der Waals surface area contributed by atoms with Crippen LogP contribution in [0.15, 0.2) is 89.8 Å². The number of benzene rings is 4. The van der Waals surface area contributed by atoms with Gasteiger partial charge in [0.2, 0.25) is 0 Å². The van der Waals surface area contributed by atoms with Gasteiger partial charge >= 0.3 is 0 Å². The number of carbonyl (C=O) groups excluding carboxylic acids is 1. The fraction of sp³-hybridized carbons (Fsp3) is 0.115. The molecule has 0 atom stereocenters. The van der Waals surface area contributed by atoms with Crippen LogP contribution in [0.3, 0.4) is 0 Å². The lowest BCUT2D eigenvalue weighted by molar-refractivity contribution is 0.0951. The van der Waals surface area contributed by atoms with Crippen LogP contribution in [0, 0.1) is 13.8 Å². The van der Waals surface area contributed by atoms with Crippen molar-refractivity contribution in [2.45, 2.75) is 25.3 Å². The molecule has 0 saturated heterocycles. The molecule has 0 heterocycles. The second kappa shape index (κ2) is 8.85. The van der Waals surface area contributed by atoms with E-state index in [1.807, 2.05) is 55.5 Å². The van der Waals surface area contributed by atoms with Gasteiger partial charge in [-0.2, -0.15) is 0 Å². The van der Waals surface area contributed by atoms with E-state index in [9.17, 15) is 13.2 Å². The van der Waals surface area contributed by atoms with Gasteiger partial charge in [0.1, 0.15) is 0 Å². The molecule has 1 amide bonds. The molecule has 2 N–H and O–H groups in total. The van der Waals surface area contributed by atoms with E-state index in [0.717, 1.165) is 21.9 Å². The molecule has 0 saturated carbocycles. The average Bonchev–Trinajstić information content (AvgIpc) is 2.77. The Hall–Kier alpha value is -3.64. The Morgan fingerprint density at radius 3 is 2.41 bits per heavy atom. The lowest BCUT2D eigenvalue weighted by Gasteiger charge is -2.13. The van der Waals surface area contributed by atoms with Crippen LogP contribution in [0.5, 0.6) is 0 Å². The molecule has 6 heteroatoms. The molecular weight excluding hydrogens is 420 g/mol. The van der Waals surface area contributed by atoms with Crippen molar-refractivity contribution in [3.63, 3.8) is 0 Å². The van der Waals surface area contributed by atoms with Crippen LogP contribution < -0.4 is 10.0 Å². The number of aryl methyl sites for hydroxylation is 2. The molecule has 0 aliphatic carbocycles. The molecule has 0 unspecified atom stereocenters. The number of nitrogens with one attached hydrogen (secondary N) is 2.